The number of nitro benzene ring substituents is 1. The first-order valence-electron chi connectivity index (χ1n) is 5.90. The minimum absolute atomic E-state index is 0.0769. The molecule has 0 aliphatic heterocycles. The lowest BCUT2D eigenvalue weighted by molar-refractivity contribution is -0.387. The van der Waals surface area contributed by atoms with Gasteiger partial charge in [0, 0.05) is 26.1 Å². The van der Waals surface area contributed by atoms with Crippen LogP contribution >= 0.6 is 11.6 Å². The standard InChI is InChI=1S/C12H13ClF2N2O4/c1-21-5-4-16(3-2-13)12(18)9-6-8(14)7-10(11(9)15)17(19)20/h6-7H,2-5H2,1H3. The lowest BCUT2D eigenvalue weighted by atomic mass is 10.1. The predicted molar refractivity (Wildman–Crippen MR) is 71.5 cm³/mol. The molecule has 1 aromatic rings. The average Bonchev–Trinajstić information content (AvgIpc) is 2.44. The smallest absolute Gasteiger partial charge is 0.308 e. The summed E-state index contributed by atoms with van der Waals surface area (Å²) in [5.74, 6) is -3.24. The average molecular weight is 323 g/mol. The van der Waals surface area contributed by atoms with E-state index in [9.17, 15) is 23.7 Å². The van der Waals surface area contributed by atoms with Crippen LogP contribution in [0.15, 0.2) is 12.1 Å². The quantitative estimate of drug-likeness (QED) is 0.438. The summed E-state index contributed by atoms with van der Waals surface area (Å²) < 4.78 is 32.1. The summed E-state index contributed by atoms with van der Waals surface area (Å²) in [6, 6.07) is 1.05. The van der Waals surface area contributed by atoms with Gasteiger partial charge in [0.2, 0.25) is 5.82 Å². The largest absolute Gasteiger partial charge is 0.383 e. The number of nitro groups is 1. The van der Waals surface area contributed by atoms with E-state index in [2.05, 4.69) is 0 Å². The Kier molecular flexibility index (Phi) is 6.44. The summed E-state index contributed by atoms with van der Waals surface area (Å²) in [5, 5.41) is 10.6. The van der Waals surface area contributed by atoms with Gasteiger partial charge in [0.25, 0.3) is 5.91 Å². The van der Waals surface area contributed by atoms with Crippen LogP contribution in [0.4, 0.5) is 14.5 Å². The van der Waals surface area contributed by atoms with Crippen LogP contribution in [-0.4, -0.2) is 48.4 Å². The van der Waals surface area contributed by atoms with Crippen molar-refractivity contribution in [3.05, 3.63) is 39.4 Å². The van der Waals surface area contributed by atoms with Crippen molar-refractivity contribution in [2.75, 3.05) is 32.7 Å². The third-order valence-corrected chi connectivity index (χ3v) is 2.82. The second-order valence-corrected chi connectivity index (χ2v) is 4.40. The molecule has 0 radical (unpaired) electrons. The molecule has 0 aromatic heterocycles. The molecule has 0 N–H and O–H groups in total. The van der Waals surface area contributed by atoms with Crippen LogP contribution in [-0.2, 0) is 4.74 Å². The summed E-state index contributed by atoms with van der Waals surface area (Å²) >= 11 is 5.55. The Morgan fingerprint density at radius 3 is 2.62 bits per heavy atom. The molecule has 0 aliphatic carbocycles. The van der Waals surface area contributed by atoms with Gasteiger partial charge < -0.3 is 9.64 Å². The predicted octanol–water partition coefficient (Wildman–Crippen LogP) is 2.20. The van der Waals surface area contributed by atoms with Crippen LogP contribution in [0.3, 0.4) is 0 Å². The minimum atomic E-state index is -1.37. The maximum Gasteiger partial charge on any atom is 0.308 e. The Labute approximate surface area is 124 Å². The highest BCUT2D eigenvalue weighted by Crippen LogP contribution is 2.23. The monoisotopic (exact) mass is 322 g/mol. The summed E-state index contributed by atoms with van der Waals surface area (Å²) in [6.45, 7) is 0.348. The van der Waals surface area contributed by atoms with Crippen LogP contribution in [0, 0.1) is 21.7 Å². The second kappa shape index (κ2) is 7.84. The van der Waals surface area contributed by atoms with E-state index >= 15 is 0 Å². The molecule has 0 atom stereocenters. The van der Waals surface area contributed by atoms with Crippen molar-refractivity contribution >= 4 is 23.2 Å². The zero-order chi connectivity index (χ0) is 16.0. The molecule has 0 saturated carbocycles. The Morgan fingerprint density at radius 2 is 2.10 bits per heavy atom. The van der Waals surface area contributed by atoms with Gasteiger partial charge in [-0.15, -0.1) is 11.6 Å². The van der Waals surface area contributed by atoms with E-state index in [-0.39, 0.29) is 25.6 Å². The summed E-state index contributed by atoms with van der Waals surface area (Å²) in [4.78, 5) is 22.9. The van der Waals surface area contributed by atoms with Crippen molar-refractivity contribution in [1.29, 1.82) is 0 Å². The van der Waals surface area contributed by atoms with Crippen LogP contribution in [0.1, 0.15) is 10.4 Å². The van der Waals surface area contributed by atoms with Crippen LogP contribution in [0.2, 0.25) is 0 Å². The fraction of sp³-hybridized carbons (Fsp3) is 0.417. The van der Waals surface area contributed by atoms with Gasteiger partial charge in [-0.05, 0) is 6.07 Å². The Bertz CT molecular complexity index is 542. The molecule has 21 heavy (non-hydrogen) atoms. The van der Waals surface area contributed by atoms with Gasteiger partial charge in [0.05, 0.1) is 23.2 Å². The molecule has 0 bridgehead atoms. The fourth-order valence-electron chi connectivity index (χ4n) is 1.65. The molecule has 6 nitrogen and oxygen atoms in total. The lowest BCUT2D eigenvalue weighted by Gasteiger charge is -2.21. The molecule has 0 aliphatic rings. The van der Waals surface area contributed by atoms with Gasteiger partial charge >= 0.3 is 5.69 Å². The number of alkyl halides is 1. The van der Waals surface area contributed by atoms with E-state index in [0.29, 0.717) is 12.1 Å². The first-order valence-corrected chi connectivity index (χ1v) is 6.43. The lowest BCUT2D eigenvalue weighted by Crippen LogP contribution is -2.36. The molecule has 0 heterocycles. The third kappa shape index (κ3) is 4.33. The zero-order valence-corrected chi connectivity index (χ0v) is 11.9. The fourth-order valence-corrected chi connectivity index (χ4v) is 1.86. The number of hydrogen-bond donors (Lipinski definition) is 0. The molecular weight excluding hydrogens is 310 g/mol. The van der Waals surface area contributed by atoms with Crippen LogP contribution in [0.5, 0.6) is 0 Å². The number of benzene rings is 1. The molecule has 0 fully saturated rings. The van der Waals surface area contributed by atoms with Gasteiger partial charge in [-0.1, -0.05) is 0 Å². The van der Waals surface area contributed by atoms with E-state index in [1.54, 1.807) is 0 Å². The van der Waals surface area contributed by atoms with Crippen LogP contribution in [0.25, 0.3) is 0 Å². The van der Waals surface area contributed by atoms with E-state index in [1.165, 1.54) is 7.11 Å². The molecule has 1 rings (SSSR count). The van der Waals surface area contributed by atoms with E-state index in [1.807, 2.05) is 0 Å². The summed E-state index contributed by atoms with van der Waals surface area (Å²) in [6.07, 6.45) is 0. The molecule has 1 amide bonds. The number of hydrogen-bond acceptors (Lipinski definition) is 4. The SMILES string of the molecule is COCCN(CCCl)C(=O)c1cc(F)cc([N+](=O)[O-])c1F. The molecule has 9 heteroatoms. The Balaban J connectivity index is 3.17. The van der Waals surface area contributed by atoms with Crippen molar-refractivity contribution in [1.82, 2.24) is 4.90 Å². The van der Waals surface area contributed by atoms with Crippen LogP contribution < -0.4 is 0 Å². The summed E-state index contributed by atoms with van der Waals surface area (Å²) in [7, 11) is 1.41. The maximum absolute atomic E-state index is 14.0. The highest BCUT2D eigenvalue weighted by Gasteiger charge is 2.27. The molecule has 0 unspecified atom stereocenters. The molecule has 116 valence electrons. The highest BCUT2D eigenvalue weighted by atomic mass is 35.5. The zero-order valence-electron chi connectivity index (χ0n) is 11.1. The number of ether oxygens (including phenoxy) is 1. The van der Waals surface area contributed by atoms with Crippen molar-refractivity contribution in [2.45, 2.75) is 0 Å². The number of methoxy groups -OCH3 is 1. The normalized spacial score (nSPS) is 10.5. The minimum Gasteiger partial charge on any atom is -0.383 e. The third-order valence-electron chi connectivity index (χ3n) is 2.65. The Hall–Kier alpha value is -1.80. The van der Waals surface area contributed by atoms with Gasteiger partial charge in [0.1, 0.15) is 5.82 Å². The van der Waals surface area contributed by atoms with Gasteiger partial charge in [0.15, 0.2) is 0 Å². The van der Waals surface area contributed by atoms with Gasteiger partial charge in [-0.25, -0.2) is 4.39 Å². The first kappa shape index (κ1) is 17.3. The number of rotatable bonds is 7. The van der Waals surface area contributed by atoms with Gasteiger partial charge in [-0.2, -0.15) is 4.39 Å². The maximum atomic E-state index is 14.0. The first-order chi connectivity index (χ1) is 9.92. The molecule has 1 aromatic carbocycles. The van der Waals surface area contributed by atoms with E-state index < -0.39 is 33.7 Å². The second-order valence-electron chi connectivity index (χ2n) is 4.02. The van der Waals surface area contributed by atoms with Gasteiger partial charge in [-0.3, -0.25) is 14.9 Å². The number of carbonyl (C=O) groups is 1. The van der Waals surface area contributed by atoms with Crippen molar-refractivity contribution < 1.29 is 23.2 Å². The van der Waals surface area contributed by atoms with Crippen molar-refractivity contribution in [3.63, 3.8) is 0 Å². The number of nitrogens with zero attached hydrogens (tertiary/aromatic N) is 2. The van der Waals surface area contributed by atoms with E-state index in [4.69, 9.17) is 16.3 Å². The molecular formula is C12H13ClF2N2O4. The Morgan fingerprint density at radius 1 is 1.43 bits per heavy atom. The van der Waals surface area contributed by atoms with Crippen molar-refractivity contribution in [3.8, 4) is 0 Å². The van der Waals surface area contributed by atoms with E-state index in [0.717, 1.165) is 4.90 Å². The number of halogens is 3. The number of carbonyl (C=O) groups excluding carboxylic acids is 1. The number of amides is 1. The summed E-state index contributed by atoms with van der Waals surface area (Å²) in [5.41, 5.74) is -1.79. The van der Waals surface area contributed by atoms with Crippen molar-refractivity contribution in [2.24, 2.45) is 0 Å². The molecule has 0 saturated heterocycles. The highest BCUT2D eigenvalue weighted by molar-refractivity contribution is 6.18. The topological polar surface area (TPSA) is 72.7 Å². The molecule has 0 spiro atoms.